The third-order valence-electron chi connectivity index (χ3n) is 3.41. The van der Waals surface area contributed by atoms with E-state index in [1.807, 2.05) is 11.4 Å². The van der Waals surface area contributed by atoms with E-state index in [9.17, 15) is 10.1 Å². The molecule has 1 atom stereocenters. The van der Waals surface area contributed by atoms with Crippen molar-refractivity contribution in [3.05, 3.63) is 55.7 Å². The summed E-state index contributed by atoms with van der Waals surface area (Å²) in [6.07, 6.45) is 2.37. The Morgan fingerprint density at radius 3 is 2.80 bits per heavy atom. The van der Waals surface area contributed by atoms with Gasteiger partial charge in [0.25, 0.3) is 5.69 Å². The van der Waals surface area contributed by atoms with Crippen LogP contribution in [0.3, 0.4) is 0 Å². The van der Waals surface area contributed by atoms with Crippen LogP contribution in [0.15, 0.2) is 35.7 Å². The maximum atomic E-state index is 10.9. The lowest BCUT2D eigenvalue weighted by Crippen LogP contribution is -2.12. The van der Waals surface area contributed by atoms with Crippen molar-refractivity contribution in [2.24, 2.45) is 5.92 Å². The summed E-state index contributed by atoms with van der Waals surface area (Å²) >= 11 is 7.85. The van der Waals surface area contributed by atoms with Gasteiger partial charge in [-0.25, -0.2) is 0 Å². The first kappa shape index (κ1) is 13.4. The average Bonchev–Trinajstić information content (AvgIpc) is 3.12. The lowest BCUT2D eigenvalue weighted by atomic mass is 10.1. The molecule has 4 nitrogen and oxygen atoms in total. The maximum Gasteiger partial charge on any atom is 0.271 e. The second-order valence-electron chi connectivity index (χ2n) is 4.90. The van der Waals surface area contributed by atoms with Crippen molar-refractivity contribution in [2.45, 2.75) is 18.9 Å². The number of nitro benzene ring substituents is 1. The molecule has 1 aromatic heterocycles. The summed E-state index contributed by atoms with van der Waals surface area (Å²) in [6.45, 7) is 0. The highest BCUT2D eigenvalue weighted by atomic mass is 35.5. The summed E-state index contributed by atoms with van der Waals surface area (Å²) in [6, 6.07) is 8.80. The molecule has 1 saturated carbocycles. The molecule has 1 unspecified atom stereocenters. The van der Waals surface area contributed by atoms with Crippen molar-refractivity contribution in [1.29, 1.82) is 0 Å². The minimum atomic E-state index is -0.404. The Kier molecular flexibility index (Phi) is 3.63. The number of halogens is 1. The van der Waals surface area contributed by atoms with Crippen LogP contribution < -0.4 is 5.32 Å². The highest BCUT2D eigenvalue weighted by molar-refractivity contribution is 7.10. The van der Waals surface area contributed by atoms with Gasteiger partial charge in [0, 0.05) is 17.0 Å². The van der Waals surface area contributed by atoms with E-state index in [0.29, 0.717) is 16.6 Å². The summed E-state index contributed by atoms with van der Waals surface area (Å²) in [5.74, 6) is 0.587. The van der Waals surface area contributed by atoms with Crippen molar-refractivity contribution in [3.63, 3.8) is 0 Å². The largest absolute Gasteiger partial charge is 0.376 e. The fourth-order valence-corrected chi connectivity index (χ4v) is 3.27. The fraction of sp³-hybridized carbons (Fsp3) is 0.286. The van der Waals surface area contributed by atoms with Crippen molar-refractivity contribution >= 4 is 34.3 Å². The molecule has 0 saturated heterocycles. The van der Waals surface area contributed by atoms with E-state index in [2.05, 4.69) is 11.4 Å². The summed E-state index contributed by atoms with van der Waals surface area (Å²) < 4.78 is 0. The van der Waals surface area contributed by atoms with Crippen LogP contribution in [0, 0.1) is 16.0 Å². The van der Waals surface area contributed by atoms with Crippen LogP contribution >= 0.6 is 22.9 Å². The van der Waals surface area contributed by atoms with E-state index in [1.165, 1.54) is 29.9 Å². The van der Waals surface area contributed by atoms with Gasteiger partial charge >= 0.3 is 0 Å². The van der Waals surface area contributed by atoms with Crippen molar-refractivity contribution in [1.82, 2.24) is 0 Å². The average molecular weight is 309 g/mol. The van der Waals surface area contributed by atoms with Crippen molar-refractivity contribution < 1.29 is 4.92 Å². The molecule has 6 heteroatoms. The molecule has 1 aliphatic rings. The second-order valence-corrected chi connectivity index (χ2v) is 6.28. The lowest BCUT2D eigenvalue weighted by molar-refractivity contribution is -0.384. The van der Waals surface area contributed by atoms with Crippen molar-refractivity contribution in [3.8, 4) is 0 Å². The van der Waals surface area contributed by atoms with Gasteiger partial charge in [0.1, 0.15) is 0 Å². The van der Waals surface area contributed by atoms with Crippen LogP contribution in [0.4, 0.5) is 11.4 Å². The number of hydrogen-bond acceptors (Lipinski definition) is 4. The number of nitro groups is 1. The number of nitrogens with one attached hydrogen (secondary N) is 1. The highest BCUT2D eigenvalue weighted by Gasteiger charge is 2.33. The quantitative estimate of drug-likeness (QED) is 0.633. The number of hydrogen-bond donors (Lipinski definition) is 1. The molecule has 0 spiro atoms. The van der Waals surface area contributed by atoms with Crippen LogP contribution in [-0.4, -0.2) is 4.92 Å². The summed E-state index contributed by atoms with van der Waals surface area (Å²) in [4.78, 5) is 11.7. The maximum absolute atomic E-state index is 10.9. The van der Waals surface area contributed by atoms with Gasteiger partial charge in [0.05, 0.1) is 21.7 Å². The predicted molar refractivity (Wildman–Crippen MR) is 81.5 cm³/mol. The van der Waals surface area contributed by atoms with E-state index in [0.717, 1.165) is 0 Å². The zero-order valence-corrected chi connectivity index (χ0v) is 12.2. The number of non-ortho nitro benzene ring substituents is 1. The number of anilines is 1. The van der Waals surface area contributed by atoms with Gasteiger partial charge in [-0.05, 0) is 36.3 Å². The standard InChI is InChI=1S/C14H13ClN2O2S/c15-11-6-5-10(17(18)19)8-12(11)16-14(9-3-4-9)13-2-1-7-20-13/h1-2,5-9,14,16H,3-4H2. The fourth-order valence-electron chi connectivity index (χ4n) is 2.22. The Bertz CT molecular complexity index is 626. The Hall–Kier alpha value is -1.59. The van der Waals surface area contributed by atoms with Gasteiger partial charge in [-0.15, -0.1) is 11.3 Å². The minimum absolute atomic E-state index is 0.0534. The molecule has 3 rings (SSSR count). The van der Waals surface area contributed by atoms with Crippen LogP contribution in [0.2, 0.25) is 5.02 Å². The molecule has 1 N–H and O–H groups in total. The molecule has 104 valence electrons. The van der Waals surface area contributed by atoms with Gasteiger partial charge in [-0.2, -0.15) is 0 Å². The first-order valence-corrected chi connectivity index (χ1v) is 7.65. The van der Waals surface area contributed by atoms with Gasteiger partial charge in [-0.3, -0.25) is 10.1 Å². The third kappa shape index (κ3) is 2.78. The van der Waals surface area contributed by atoms with Gasteiger partial charge in [-0.1, -0.05) is 17.7 Å². The molecule has 0 bridgehead atoms. The third-order valence-corrected chi connectivity index (χ3v) is 4.70. The molecule has 1 aliphatic carbocycles. The van der Waals surface area contributed by atoms with E-state index in [1.54, 1.807) is 17.4 Å². The molecular formula is C14H13ClN2O2S. The highest BCUT2D eigenvalue weighted by Crippen LogP contribution is 2.45. The zero-order valence-electron chi connectivity index (χ0n) is 10.6. The van der Waals surface area contributed by atoms with Gasteiger partial charge < -0.3 is 5.32 Å². The normalized spacial score (nSPS) is 15.8. The molecule has 1 fully saturated rings. The van der Waals surface area contributed by atoms with Crippen molar-refractivity contribution in [2.75, 3.05) is 5.32 Å². The molecule has 0 radical (unpaired) electrons. The SMILES string of the molecule is O=[N+]([O-])c1ccc(Cl)c(NC(c2cccs2)C2CC2)c1. The molecule has 2 aromatic rings. The summed E-state index contributed by atoms with van der Waals surface area (Å²) in [5, 5.41) is 16.8. The minimum Gasteiger partial charge on any atom is -0.376 e. The molecule has 1 aromatic carbocycles. The Morgan fingerprint density at radius 2 is 2.20 bits per heavy atom. The first-order valence-electron chi connectivity index (χ1n) is 6.39. The Balaban J connectivity index is 1.88. The summed E-state index contributed by atoms with van der Waals surface area (Å²) in [5.41, 5.74) is 0.684. The molecule has 0 aliphatic heterocycles. The molecular weight excluding hydrogens is 296 g/mol. The smallest absolute Gasteiger partial charge is 0.271 e. The molecule has 20 heavy (non-hydrogen) atoms. The Labute approximate surface area is 125 Å². The van der Waals surface area contributed by atoms with E-state index >= 15 is 0 Å². The second kappa shape index (κ2) is 5.42. The van der Waals surface area contributed by atoms with Gasteiger partial charge in [0.15, 0.2) is 0 Å². The van der Waals surface area contributed by atoms with Crippen LogP contribution in [0.25, 0.3) is 0 Å². The van der Waals surface area contributed by atoms with E-state index in [4.69, 9.17) is 11.6 Å². The first-order chi connectivity index (χ1) is 9.65. The van der Waals surface area contributed by atoms with Crippen LogP contribution in [0.5, 0.6) is 0 Å². The topological polar surface area (TPSA) is 55.2 Å². The van der Waals surface area contributed by atoms with Crippen LogP contribution in [0.1, 0.15) is 23.8 Å². The monoisotopic (exact) mass is 308 g/mol. The Morgan fingerprint density at radius 1 is 1.40 bits per heavy atom. The summed E-state index contributed by atoms with van der Waals surface area (Å²) in [7, 11) is 0. The molecule has 1 heterocycles. The molecule has 0 amide bonds. The predicted octanol–water partition coefficient (Wildman–Crippen LogP) is 4.87. The zero-order chi connectivity index (χ0) is 14.1. The lowest BCUT2D eigenvalue weighted by Gasteiger charge is -2.19. The number of thiophene rings is 1. The van der Waals surface area contributed by atoms with E-state index in [-0.39, 0.29) is 11.7 Å². The van der Waals surface area contributed by atoms with Gasteiger partial charge in [0.2, 0.25) is 0 Å². The van der Waals surface area contributed by atoms with Crippen LogP contribution in [-0.2, 0) is 0 Å². The number of nitrogens with zero attached hydrogens (tertiary/aromatic N) is 1. The number of rotatable bonds is 5. The number of benzene rings is 1. The van der Waals surface area contributed by atoms with E-state index < -0.39 is 4.92 Å².